The van der Waals surface area contributed by atoms with Crippen molar-refractivity contribution in [1.82, 2.24) is 9.78 Å². The van der Waals surface area contributed by atoms with Crippen LogP contribution in [-0.4, -0.2) is 23.2 Å². The zero-order valence-corrected chi connectivity index (χ0v) is 9.87. The molecule has 0 atom stereocenters. The molecule has 92 valence electrons. The zero-order chi connectivity index (χ0) is 13.0. The molecule has 0 fully saturated rings. The van der Waals surface area contributed by atoms with Gasteiger partial charge in [0.2, 0.25) is 0 Å². The Morgan fingerprint density at radius 2 is 2.06 bits per heavy atom. The summed E-state index contributed by atoms with van der Waals surface area (Å²) in [5, 5.41) is 4.15. The van der Waals surface area contributed by atoms with Gasteiger partial charge in [-0.3, -0.25) is 9.59 Å². The number of nitrogens with zero attached hydrogens (tertiary/aromatic N) is 2. The van der Waals surface area contributed by atoms with E-state index in [1.54, 1.807) is 0 Å². The second kappa shape index (κ2) is 5.37. The van der Waals surface area contributed by atoms with Crippen LogP contribution < -0.4 is 5.56 Å². The molecule has 1 aromatic carbocycles. The maximum absolute atomic E-state index is 11.6. The summed E-state index contributed by atoms with van der Waals surface area (Å²) in [6, 6.07) is 10.5. The molecule has 0 radical (unpaired) electrons. The number of aromatic nitrogens is 2. The summed E-state index contributed by atoms with van der Waals surface area (Å²) in [6.07, 6.45) is 0.633. The number of methoxy groups -OCH3 is 1. The Bertz CT molecular complexity index is 605. The van der Waals surface area contributed by atoms with Crippen LogP contribution in [0.4, 0.5) is 0 Å². The Kier molecular flexibility index (Phi) is 3.64. The standard InChI is InChI=1S/C13H12N2O3/c1-18-9-15-12(17)7-11(8-16)13(14-15)10-5-3-2-4-6-10/h2-8H,9H2,1H3. The van der Waals surface area contributed by atoms with Crippen LogP contribution in [0.3, 0.4) is 0 Å². The Hall–Kier alpha value is -2.27. The average Bonchev–Trinajstić information content (AvgIpc) is 2.42. The van der Waals surface area contributed by atoms with E-state index in [1.807, 2.05) is 30.3 Å². The molecule has 0 amide bonds. The lowest BCUT2D eigenvalue weighted by Crippen LogP contribution is -2.24. The minimum Gasteiger partial charge on any atom is -0.362 e. The summed E-state index contributed by atoms with van der Waals surface area (Å²) < 4.78 is 6.06. The molecule has 0 aliphatic heterocycles. The minimum atomic E-state index is -0.362. The number of ether oxygens (including phenoxy) is 1. The van der Waals surface area contributed by atoms with Crippen LogP contribution in [0.15, 0.2) is 41.2 Å². The lowest BCUT2D eigenvalue weighted by atomic mass is 10.1. The number of benzene rings is 1. The van der Waals surface area contributed by atoms with E-state index in [-0.39, 0.29) is 17.9 Å². The van der Waals surface area contributed by atoms with Crippen LogP contribution in [-0.2, 0) is 11.5 Å². The number of hydrogen-bond donors (Lipinski definition) is 0. The Morgan fingerprint density at radius 3 is 2.67 bits per heavy atom. The van der Waals surface area contributed by atoms with Crippen molar-refractivity contribution in [2.24, 2.45) is 0 Å². The van der Waals surface area contributed by atoms with Gasteiger partial charge in [0, 0.05) is 24.3 Å². The quantitative estimate of drug-likeness (QED) is 0.761. The van der Waals surface area contributed by atoms with Crippen LogP contribution in [0.1, 0.15) is 10.4 Å². The molecule has 0 aliphatic rings. The fourth-order valence-electron chi connectivity index (χ4n) is 1.63. The van der Waals surface area contributed by atoms with Crippen LogP contribution in [0, 0.1) is 0 Å². The molecular formula is C13H12N2O3. The SMILES string of the molecule is COCn1nc(-c2ccccc2)c(C=O)cc1=O. The Labute approximate surface area is 104 Å². The van der Waals surface area contributed by atoms with Gasteiger partial charge in [-0.1, -0.05) is 30.3 Å². The predicted molar refractivity (Wildman–Crippen MR) is 66.3 cm³/mol. The molecule has 0 saturated carbocycles. The van der Waals surface area contributed by atoms with Crippen LogP contribution in [0.25, 0.3) is 11.3 Å². The summed E-state index contributed by atoms with van der Waals surface area (Å²) in [4.78, 5) is 22.6. The van der Waals surface area contributed by atoms with Crippen molar-refractivity contribution in [3.8, 4) is 11.3 Å². The molecule has 2 aromatic rings. The van der Waals surface area contributed by atoms with Crippen molar-refractivity contribution in [3.05, 3.63) is 52.3 Å². The number of carbonyl (C=O) groups excluding carboxylic acids is 1. The highest BCUT2D eigenvalue weighted by Crippen LogP contribution is 2.18. The van der Waals surface area contributed by atoms with Gasteiger partial charge in [0.05, 0.1) is 0 Å². The highest BCUT2D eigenvalue weighted by Gasteiger charge is 2.09. The average molecular weight is 244 g/mol. The van der Waals surface area contributed by atoms with Crippen molar-refractivity contribution in [3.63, 3.8) is 0 Å². The summed E-state index contributed by atoms with van der Waals surface area (Å²) in [6.45, 7) is 0.0534. The molecule has 0 aliphatic carbocycles. The normalized spacial score (nSPS) is 10.3. The van der Waals surface area contributed by atoms with E-state index in [0.717, 1.165) is 5.56 Å². The second-order valence-corrected chi connectivity index (χ2v) is 3.69. The first kappa shape index (κ1) is 12.2. The maximum atomic E-state index is 11.6. The number of hydrogen-bond acceptors (Lipinski definition) is 4. The van der Waals surface area contributed by atoms with Crippen molar-refractivity contribution in [1.29, 1.82) is 0 Å². The smallest absolute Gasteiger partial charge is 0.269 e. The fourth-order valence-corrected chi connectivity index (χ4v) is 1.63. The van der Waals surface area contributed by atoms with E-state index in [1.165, 1.54) is 17.9 Å². The Balaban J connectivity index is 2.61. The lowest BCUT2D eigenvalue weighted by Gasteiger charge is -2.08. The molecule has 0 unspecified atom stereocenters. The van der Waals surface area contributed by atoms with E-state index in [0.29, 0.717) is 12.0 Å². The third kappa shape index (κ3) is 2.36. The van der Waals surface area contributed by atoms with E-state index >= 15 is 0 Å². The summed E-state index contributed by atoms with van der Waals surface area (Å²) in [5.74, 6) is 0. The van der Waals surface area contributed by atoms with Crippen LogP contribution in [0.5, 0.6) is 0 Å². The molecule has 0 N–H and O–H groups in total. The van der Waals surface area contributed by atoms with Crippen LogP contribution >= 0.6 is 0 Å². The van der Waals surface area contributed by atoms with E-state index < -0.39 is 0 Å². The van der Waals surface area contributed by atoms with Crippen LogP contribution in [0.2, 0.25) is 0 Å². The first-order valence-corrected chi connectivity index (χ1v) is 5.38. The zero-order valence-electron chi connectivity index (χ0n) is 9.87. The van der Waals surface area contributed by atoms with Gasteiger partial charge in [-0.25, -0.2) is 4.68 Å². The van der Waals surface area contributed by atoms with E-state index in [9.17, 15) is 9.59 Å². The topological polar surface area (TPSA) is 61.2 Å². The van der Waals surface area contributed by atoms with Gasteiger partial charge in [0.25, 0.3) is 5.56 Å². The minimum absolute atomic E-state index is 0.0534. The summed E-state index contributed by atoms with van der Waals surface area (Å²) in [5.41, 5.74) is 1.17. The molecule has 0 saturated heterocycles. The molecule has 1 heterocycles. The summed E-state index contributed by atoms with van der Waals surface area (Å²) >= 11 is 0. The monoisotopic (exact) mass is 244 g/mol. The number of carbonyl (C=O) groups is 1. The molecule has 0 spiro atoms. The largest absolute Gasteiger partial charge is 0.362 e. The van der Waals surface area contributed by atoms with Crippen molar-refractivity contribution in [2.45, 2.75) is 6.73 Å². The maximum Gasteiger partial charge on any atom is 0.269 e. The lowest BCUT2D eigenvalue weighted by molar-refractivity contribution is 0.111. The van der Waals surface area contributed by atoms with Gasteiger partial charge < -0.3 is 4.74 Å². The van der Waals surface area contributed by atoms with Gasteiger partial charge in [-0.2, -0.15) is 5.10 Å². The first-order valence-electron chi connectivity index (χ1n) is 5.38. The number of aldehydes is 1. The second-order valence-electron chi connectivity index (χ2n) is 3.69. The highest BCUT2D eigenvalue weighted by atomic mass is 16.5. The molecule has 1 aromatic heterocycles. The van der Waals surface area contributed by atoms with Crippen molar-refractivity contribution in [2.75, 3.05) is 7.11 Å². The van der Waals surface area contributed by atoms with Crippen molar-refractivity contribution < 1.29 is 9.53 Å². The van der Waals surface area contributed by atoms with E-state index in [4.69, 9.17) is 4.74 Å². The van der Waals surface area contributed by atoms with E-state index in [2.05, 4.69) is 5.10 Å². The number of rotatable bonds is 4. The van der Waals surface area contributed by atoms with Gasteiger partial charge >= 0.3 is 0 Å². The van der Waals surface area contributed by atoms with Gasteiger partial charge in [0.15, 0.2) is 6.29 Å². The van der Waals surface area contributed by atoms with Crippen molar-refractivity contribution >= 4 is 6.29 Å². The predicted octanol–water partition coefficient (Wildman–Crippen LogP) is 1.33. The molecule has 5 heteroatoms. The third-order valence-electron chi connectivity index (χ3n) is 2.45. The van der Waals surface area contributed by atoms with Gasteiger partial charge in [0.1, 0.15) is 12.4 Å². The molecule has 0 bridgehead atoms. The molecular weight excluding hydrogens is 232 g/mol. The van der Waals surface area contributed by atoms with Gasteiger partial charge in [-0.15, -0.1) is 0 Å². The third-order valence-corrected chi connectivity index (χ3v) is 2.45. The molecule has 18 heavy (non-hydrogen) atoms. The first-order chi connectivity index (χ1) is 8.76. The molecule has 2 rings (SSSR count). The summed E-state index contributed by atoms with van der Waals surface area (Å²) in [7, 11) is 1.48. The Morgan fingerprint density at radius 1 is 1.33 bits per heavy atom. The highest BCUT2D eigenvalue weighted by molar-refractivity contribution is 5.85. The van der Waals surface area contributed by atoms with Gasteiger partial charge in [-0.05, 0) is 0 Å². The molecule has 5 nitrogen and oxygen atoms in total. The fraction of sp³-hybridized carbons (Fsp3) is 0.154.